The number of nitrogens with two attached hydrogens (primary N) is 1. The third kappa shape index (κ3) is 3.12. The third-order valence-corrected chi connectivity index (χ3v) is 3.93. The highest BCUT2D eigenvalue weighted by Crippen LogP contribution is 2.24. The molecular formula is C16H18N2O4. The standard InChI is InChI=1S/C16H18N2O4/c17-12-1-3-13(4-2-12)22-14-10-21-8-7-11(14)9-18-15(19)5-6-16(18)20/h1-6,11,14H,7-10,17H2. The van der Waals surface area contributed by atoms with Gasteiger partial charge in [-0.15, -0.1) is 0 Å². The average Bonchev–Trinajstić information content (AvgIpc) is 2.83. The molecule has 0 saturated carbocycles. The van der Waals surface area contributed by atoms with Gasteiger partial charge in [-0.05, 0) is 30.7 Å². The second kappa shape index (κ2) is 6.19. The zero-order chi connectivity index (χ0) is 15.5. The highest BCUT2D eigenvalue weighted by atomic mass is 16.5. The van der Waals surface area contributed by atoms with Crippen molar-refractivity contribution < 1.29 is 19.1 Å². The van der Waals surface area contributed by atoms with Crippen LogP contribution in [0.3, 0.4) is 0 Å². The molecule has 1 aromatic carbocycles. The fraction of sp³-hybridized carbons (Fsp3) is 0.375. The summed E-state index contributed by atoms with van der Waals surface area (Å²) in [4.78, 5) is 24.6. The molecule has 2 atom stereocenters. The molecule has 1 fully saturated rings. The smallest absolute Gasteiger partial charge is 0.253 e. The first-order chi connectivity index (χ1) is 10.6. The molecule has 0 aliphatic carbocycles. The summed E-state index contributed by atoms with van der Waals surface area (Å²) in [5, 5.41) is 0. The summed E-state index contributed by atoms with van der Waals surface area (Å²) in [6, 6.07) is 7.14. The second-order valence-corrected chi connectivity index (χ2v) is 5.47. The number of hydrogen-bond donors (Lipinski definition) is 1. The van der Waals surface area contributed by atoms with Gasteiger partial charge in [0.15, 0.2) is 0 Å². The fourth-order valence-corrected chi connectivity index (χ4v) is 2.66. The zero-order valence-electron chi connectivity index (χ0n) is 12.1. The van der Waals surface area contributed by atoms with Crippen LogP contribution in [-0.2, 0) is 14.3 Å². The number of ether oxygens (including phenoxy) is 2. The number of nitrogen functional groups attached to an aromatic ring is 1. The van der Waals surface area contributed by atoms with Crippen molar-refractivity contribution in [3.63, 3.8) is 0 Å². The van der Waals surface area contributed by atoms with Crippen molar-refractivity contribution >= 4 is 17.5 Å². The van der Waals surface area contributed by atoms with Crippen molar-refractivity contribution in [2.45, 2.75) is 12.5 Å². The van der Waals surface area contributed by atoms with E-state index < -0.39 is 0 Å². The lowest BCUT2D eigenvalue weighted by Gasteiger charge is -2.33. The van der Waals surface area contributed by atoms with E-state index in [4.69, 9.17) is 15.2 Å². The molecule has 2 aliphatic heterocycles. The highest BCUT2D eigenvalue weighted by molar-refractivity contribution is 6.12. The van der Waals surface area contributed by atoms with Crippen molar-refractivity contribution in [2.24, 2.45) is 5.92 Å². The molecule has 1 saturated heterocycles. The molecule has 0 bridgehead atoms. The number of imide groups is 1. The van der Waals surface area contributed by atoms with Crippen molar-refractivity contribution in [3.05, 3.63) is 36.4 Å². The maximum Gasteiger partial charge on any atom is 0.253 e. The van der Waals surface area contributed by atoms with Crippen molar-refractivity contribution in [3.8, 4) is 5.75 Å². The number of carbonyl (C=O) groups is 2. The first kappa shape index (κ1) is 14.6. The largest absolute Gasteiger partial charge is 0.488 e. The molecule has 2 N–H and O–H groups in total. The molecule has 0 radical (unpaired) electrons. The van der Waals surface area contributed by atoms with Crippen LogP contribution in [-0.4, -0.2) is 42.6 Å². The van der Waals surface area contributed by atoms with Gasteiger partial charge in [0.1, 0.15) is 11.9 Å². The van der Waals surface area contributed by atoms with Gasteiger partial charge in [0.05, 0.1) is 6.61 Å². The first-order valence-corrected chi connectivity index (χ1v) is 7.27. The molecule has 1 aromatic rings. The lowest BCUT2D eigenvalue weighted by molar-refractivity contribution is -0.139. The number of nitrogens with zero attached hydrogens (tertiary/aromatic N) is 1. The van der Waals surface area contributed by atoms with Crippen molar-refractivity contribution in [1.29, 1.82) is 0 Å². The highest BCUT2D eigenvalue weighted by Gasteiger charge is 2.33. The van der Waals surface area contributed by atoms with Gasteiger partial charge in [-0.2, -0.15) is 0 Å². The molecule has 2 heterocycles. The van der Waals surface area contributed by atoms with Gasteiger partial charge in [0.2, 0.25) is 0 Å². The van der Waals surface area contributed by atoms with E-state index in [-0.39, 0.29) is 23.8 Å². The van der Waals surface area contributed by atoms with E-state index >= 15 is 0 Å². The predicted octanol–water partition coefficient (Wildman–Crippen LogP) is 0.978. The topological polar surface area (TPSA) is 81.9 Å². The van der Waals surface area contributed by atoms with Crippen LogP contribution in [0.25, 0.3) is 0 Å². The van der Waals surface area contributed by atoms with Gasteiger partial charge in [-0.1, -0.05) is 0 Å². The molecule has 2 aliphatic rings. The molecular weight excluding hydrogens is 284 g/mol. The molecule has 0 aromatic heterocycles. The van der Waals surface area contributed by atoms with E-state index in [9.17, 15) is 9.59 Å². The van der Waals surface area contributed by atoms with Crippen molar-refractivity contribution in [1.82, 2.24) is 4.90 Å². The number of amides is 2. The fourth-order valence-electron chi connectivity index (χ4n) is 2.66. The Hall–Kier alpha value is -2.34. The van der Waals surface area contributed by atoms with Crippen LogP contribution in [0.15, 0.2) is 36.4 Å². The summed E-state index contributed by atoms with van der Waals surface area (Å²) >= 11 is 0. The minimum absolute atomic E-state index is 0.0547. The lowest BCUT2D eigenvalue weighted by Crippen LogP contribution is -2.45. The Balaban J connectivity index is 1.67. The van der Waals surface area contributed by atoms with Crippen LogP contribution in [0.1, 0.15) is 6.42 Å². The van der Waals surface area contributed by atoms with E-state index in [1.165, 1.54) is 17.1 Å². The summed E-state index contributed by atoms with van der Waals surface area (Å²) in [5.74, 6) is 0.233. The monoisotopic (exact) mass is 302 g/mol. The third-order valence-electron chi connectivity index (χ3n) is 3.93. The van der Waals surface area contributed by atoms with Gasteiger partial charge in [-0.25, -0.2) is 0 Å². The average molecular weight is 302 g/mol. The molecule has 116 valence electrons. The molecule has 2 amide bonds. The summed E-state index contributed by atoms with van der Waals surface area (Å²) in [6.45, 7) is 1.41. The summed E-state index contributed by atoms with van der Waals surface area (Å²) < 4.78 is 11.4. The minimum atomic E-state index is -0.261. The molecule has 22 heavy (non-hydrogen) atoms. The van der Waals surface area contributed by atoms with Crippen LogP contribution in [0, 0.1) is 5.92 Å². The Morgan fingerprint density at radius 3 is 2.55 bits per heavy atom. The number of rotatable bonds is 4. The van der Waals surface area contributed by atoms with Crippen LogP contribution in [0.4, 0.5) is 5.69 Å². The Kier molecular flexibility index (Phi) is 4.11. The SMILES string of the molecule is Nc1ccc(OC2COCCC2CN2C(=O)C=CC2=O)cc1. The van der Waals surface area contributed by atoms with Crippen LogP contribution < -0.4 is 10.5 Å². The Morgan fingerprint density at radius 1 is 1.18 bits per heavy atom. The normalized spacial score (nSPS) is 24.8. The molecule has 3 rings (SSSR count). The second-order valence-electron chi connectivity index (χ2n) is 5.47. The molecule has 6 heteroatoms. The molecule has 2 unspecified atom stereocenters. The number of anilines is 1. The predicted molar refractivity (Wildman–Crippen MR) is 80.1 cm³/mol. The van der Waals surface area contributed by atoms with Crippen LogP contribution >= 0.6 is 0 Å². The number of carbonyl (C=O) groups excluding carboxylic acids is 2. The number of benzene rings is 1. The van der Waals surface area contributed by atoms with Gasteiger partial charge in [-0.3, -0.25) is 14.5 Å². The Bertz CT molecular complexity index is 579. The zero-order valence-corrected chi connectivity index (χ0v) is 12.1. The van der Waals surface area contributed by atoms with E-state index in [0.29, 0.717) is 31.2 Å². The van der Waals surface area contributed by atoms with Crippen LogP contribution in [0.2, 0.25) is 0 Å². The molecule has 6 nitrogen and oxygen atoms in total. The quantitative estimate of drug-likeness (QED) is 0.662. The summed E-state index contributed by atoms with van der Waals surface area (Å²) in [5.41, 5.74) is 6.33. The summed E-state index contributed by atoms with van der Waals surface area (Å²) in [6.07, 6.45) is 3.16. The first-order valence-electron chi connectivity index (χ1n) is 7.27. The minimum Gasteiger partial charge on any atom is -0.488 e. The Morgan fingerprint density at radius 2 is 1.86 bits per heavy atom. The van der Waals surface area contributed by atoms with Gasteiger partial charge in [0.25, 0.3) is 11.8 Å². The number of hydrogen-bond acceptors (Lipinski definition) is 5. The maximum atomic E-state index is 11.7. The van der Waals surface area contributed by atoms with Crippen molar-refractivity contribution in [2.75, 3.05) is 25.5 Å². The van der Waals surface area contributed by atoms with Crippen LogP contribution in [0.5, 0.6) is 5.75 Å². The van der Waals surface area contributed by atoms with E-state index in [1.54, 1.807) is 24.3 Å². The molecule has 0 spiro atoms. The lowest BCUT2D eigenvalue weighted by atomic mass is 9.96. The van der Waals surface area contributed by atoms with E-state index in [2.05, 4.69) is 0 Å². The Labute approximate surface area is 128 Å². The summed E-state index contributed by atoms with van der Waals surface area (Å²) in [7, 11) is 0. The van der Waals surface area contributed by atoms with Gasteiger partial charge < -0.3 is 15.2 Å². The van der Waals surface area contributed by atoms with E-state index in [0.717, 1.165) is 6.42 Å². The van der Waals surface area contributed by atoms with Gasteiger partial charge >= 0.3 is 0 Å². The van der Waals surface area contributed by atoms with E-state index in [1.807, 2.05) is 0 Å². The van der Waals surface area contributed by atoms with Gasteiger partial charge in [0, 0.05) is 36.9 Å². The maximum absolute atomic E-state index is 11.7.